The van der Waals surface area contributed by atoms with Gasteiger partial charge >= 0.3 is 11.8 Å². The van der Waals surface area contributed by atoms with Crippen LogP contribution in [0.4, 0.5) is 17.6 Å². The second kappa shape index (κ2) is 2.23. The molecule has 1 aliphatic rings. The van der Waals surface area contributed by atoms with Gasteiger partial charge in [0.1, 0.15) is 0 Å². The minimum atomic E-state index is -3.98. The molecule has 0 aromatic heterocycles. The zero-order valence-electron chi connectivity index (χ0n) is 4.78. The molecule has 0 bridgehead atoms. The van der Waals surface area contributed by atoms with Crippen LogP contribution < -0.4 is 5.73 Å². The van der Waals surface area contributed by atoms with E-state index in [1.54, 1.807) is 0 Å². The highest BCUT2D eigenvalue weighted by molar-refractivity contribution is 5.85. The monoisotopic (exact) mass is 179 g/mol. The Bertz CT molecular complexity index is 137. The molecule has 1 unspecified atom stereocenters. The molecule has 1 rings (SSSR count). The topological polar surface area (TPSA) is 26.0 Å². The molecule has 2 N–H and O–H groups in total. The zero-order chi connectivity index (χ0) is 7.28. The summed E-state index contributed by atoms with van der Waals surface area (Å²) in [6.07, 6.45) is -0.903. The summed E-state index contributed by atoms with van der Waals surface area (Å²) in [5.74, 6) is -7.85. The van der Waals surface area contributed by atoms with Crippen LogP contribution >= 0.6 is 12.4 Å². The highest BCUT2D eigenvalue weighted by atomic mass is 35.5. The third-order valence-corrected chi connectivity index (χ3v) is 1.43. The Labute approximate surface area is 61.0 Å². The maximum atomic E-state index is 11.8. The standard InChI is InChI=1S/C4H5F4N.ClH/c5-3(6)1-2(9)4(3,7)8;/h2H,1,9H2;1H. The molecule has 1 fully saturated rings. The summed E-state index contributed by atoms with van der Waals surface area (Å²) in [4.78, 5) is 0. The smallest absolute Gasteiger partial charge is 0.322 e. The molecule has 0 radical (unpaired) electrons. The van der Waals surface area contributed by atoms with E-state index in [0.29, 0.717) is 0 Å². The van der Waals surface area contributed by atoms with Crippen molar-refractivity contribution in [1.82, 2.24) is 0 Å². The number of alkyl halides is 4. The lowest BCUT2D eigenvalue weighted by Gasteiger charge is -2.41. The second-order valence-corrected chi connectivity index (χ2v) is 2.14. The number of halogens is 5. The molecule has 1 atom stereocenters. The van der Waals surface area contributed by atoms with Gasteiger partial charge in [-0.15, -0.1) is 12.4 Å². The summed E-state index contributed by atoms with van der Waals surface area (Å²) in [6.45, 7) is 0. The van der Waals surface area contributed by atoms with Gasteiger partial charge < -0.3 is 5.73 Å². The number of hydrogen-bond acceptors (Lipinski definition) is 1. The van der Waals surface area contributed by atoms with Gasteiger partial charge in [-0.25, -0.2) is 0 Å². The number of nitrogens with two attached hydrogens (primary N) is 1. The van der Waals surface area contributed by atoms with Crippen molar-refractivity contribution in [3.8, 4) is 0 Å². The van der Waals surface area contributed by atoms with Crippen molar-refractivity contribution in [2.45, 2.75) is 24.3 Å². The van der Waals surface area contributed by atoms with E-state index in [2.05, 4.69) is 5.73 Å². The first-order chi connectivity index (χ1) is 3.88. The molecule has 6 heteroatoms. The van der Waals surface area contributed by atoms with Crippen molar-refractivity contribution >= 4 is 12.4 Å². The molecule has 0 heterocycles. The molecular weight excluding hydrogens is 173 g/mol. The Morgan fingerprint density at radius 2 is 1.60 bits per heavy atom. The Morgan fingerprint density at radius 3 is 1.60 bits per heavy atom. The molecule has 0 aromatic rings. The van der Waals surface area contributed by atoms with Gasteiger partial charge in [0.15, 0.2) is 0 Å². The van der Waals surface area contributed by atoms with E-state index >= 15 is 0 Å². The molecule has 0 aliphatic heterocycles. The lowest BCUT2D eigenvalue weighted by Crippen LogP contribution is -2.66. The van der Waals surface area contributed by atoms with Crippen molar-refractivity contribution in [1.29, 1.82) is 0 Å². The lowest BCUT2D eigenvalue weighted by atomic mass is 9.84. The highest BCUT2D eigenvalue weighted by Gasteiger charge is 2.70. The fourth-order valence-electron chi connectivity index (χ4n) is 0.681. The van der Waals surface area contributed by atoms with Gasteiger partial charge in [-0.05, 0) is 0 Å². The van der Waals surface area contributed by atoms with Gasteiger partial charge in [0.2, 0.25) is 0 Å². The fourth-order valence-corrected chi connectivity index (χ4v) is 0.681. The first-order valence-electron chi connectivity index (χ1n) is 2.39. The average molecular weight is 180 g/mol. The van der Waals surface area contributed by atoms with Gasteiger partial charge in [0, 0.05) is 6.42 Å². The summed E-state index contributed by atoms with van der Waals surface area (Å²) in [7, 11) is 0. The number of hydrogen-bond donors (Lipinski definition) is 1. The molecule has 1 nitrogen and oxygen atoms in total. The van der Waals surface area contributed by atoms with Gasteiger partial charge in [-0.1, -0.05) is 0 Å². The maximum Gasteiger partial charge on any atom is 0.325 e. The van der Waals surface area contributed by atoms with Crippen molar-refractivity contribution in [3.63, 3.8) is 0 Å². The Hall–Kier alpha value is -0.0300. The van der Waals surface area contributed by atoms with Crippen molar-refractivity contribution < 1.29 is 17.6 Å². The molecule has 62 valence electrons. The maximum absolute atomic E-state index is 11.8. The predicted octanol–water partition coefficient (Wildman–Crippen LogP) is 1.41. The van der Waals surface area contributed by atoms with Crippen LogP contribution in [-0.4, -0.2) is 17.9 Å². The van der Waals surface area contributed by atoms with Crippen LogP contribution in [0.1, 0.15) is 6.42 Å². The molecule has 0 spiro atoms. The molecule has 1 aliphatic carbocycles. The highest BCUT2D eigenvalue weighted by Crippen LogP contribution is 2.49. The molecule has 10 heavy (non-hydrogen) atoms. The van der Waals surface area contributed by atoms with Crippen LogP contribution in [-0.2, 0) is 0 Å². The molecule has 0 saturated heterocycles. The van der Waals surface area contributed by atoms with Crippen LogP contribution in [0.5, 0.6) is 0 Å². The van der Waals surface area contributed by atoms with Crippen LogP contribution in [0.3, 0.4) is 0 Å². The van der Waals surface area contributed by atoms with Crippen LogP contribution in [0.2, 0.25) is 0 Å². The van der Waals surface area contributed by atoms with Crippen molar-refractivity contribution in [2.24, 2.45) is 5.73 Å². The largest absolute Gasteiger partial charge is 0.325 e. The van der Waals surface area contributed by atoms with Crippen molar-refractivity contribution in [3.05, 3.63) is 0 Å². The summed E-state index contributed by atoms with van der Waals surface area (Å²) >= 11 is 0. The molecule has 0 amide bonds. The average Bonchev–Trinajstić information content (AvgIpc) is 1.65. The Balaban J connectivity index is 0.000000810. The quantitative estimate of drug-likeness (QED) is 0.559. The van der Waals surface area contributed by atoms with Crippen LogP contribution in [0, 0.1) is 0 Å². The third kappa shape index (κ3) is 0.971. The van der Waals surface area contributed by atoms with E-state index in [1.807, 2.05) is 0 Å². The van der Waals surface area contributed by atoms with E-state index in [9.17, 15) is 17.6 Å². The van der Waals surface area contributed by atoms with E-state index < -0.39 is 24.3 Å². The van der Waals surface area contributed by atoms with E-state index in [0.717, 1.165) is 0 Å². The second-order valence-electron chi connectivity index (χ2n) is 2.14. The van der Waals surface area contributed by atoms with Gasteiger partial charge in [0.05, 0.1) is 6.04 Å². The first-order valence-corrected chi connectivity index (χ1v) is 2.39. The van der Waals surface area contributed by atoms with Gasteiger partial charge in [-0.2, -0.15) is 17.6 Å². The third-order valence-electron chi connectivity index (χ3n) is 1.43. The van der Waals surface area contributed by atoms with Crippen molar-refractivity contribution in [2.75, 3.05) is 0 Å². The normalized spacial score (nSPS) is 33.9. The first kappa shape index (κ1) is 9.97. The van der Waals surface area contributed by atoms with Gasteiger partial charge in [-0.3, -0.25) is 0 Å². The van der Waals surface area contributed by atoms with Gasteiger partial charge in [0.25, 0.3) is 0 Å². The number of rotatable bonds is 0. The summed E-state index contributed by atoms with van der Waals surface area (Å²) < 4.78 is 47.1. The van der Waals surface area contributed by atoms with E-state index in [4.69, 9.17) is 0 Å². The summed E-state index contributed by atoms with van der Waals surface area (Å²) in [6, 6.07) is -1.66. The summed E-state index contributed by atoms with van der Waals surface area (Å²) in [5.41, 5.74) is 4.60. The fraction of sp³-hybridized carbons (Fsp3) is 1.00. The predicted molar refractivity (Wildman–Crippen MR) is 29.7 cm³/mol. The lowest BCUT2D eigenvalue weighted by molar-refractivity contribution is -0.286. The van der Waals surface area contributed by atoms with Crippen LogP contribution in [0.25, 0.3) is 0 Å². The minimum absolute atomic E-state index is 0. The van der Waals surface area contributed by atoms with Crippen LogP contribution in [0.15, 0.2) is 0 Å². The van der Waals surface area contributed by atoms with E-state index in [1.165, 1.54) is 0 Å². The van der Waals surface area contributed by atoms with E-state index in [-0.39, 0.29) is 12.4 Å². The molecular formula is C4H6ClF4N. The minimum Gasteiger partial charge on any atom is -0.322 e. The zero-order valence-corrected chi connectivity index (χ0v) is 5.60. The summed E-state index contributed by atoms with van der Waals surface area (Å²) in [5, 5.41) is 0. The molecule has 1 saturated carbocycles. The Kier molecular flexibility index (Phi) is 2.23. The Morgan fingerprint density at radius 1 is 1.20 bits per heavy atom. The SMILES string of the molecule is Cl.NC1CC(F)(F)C1(F)F. The molecule has 0 aromatic carbocycles.